The van der Waals surface area contributed by atoms with E-state index in [9.17, 15) is 14.4 Å². The largest absolute Gasteiger partial charge is 0.493 e. The molecule has 3 aliphatic heterocycles. The second kappa shape index (κ2) is 15.6. The molecule has 5 aromatic rings. The van der Waals surface area contributed by atoms with Gasteiger partial charge in [-0.2, -0.15) is 10.2 Å². The Hall–Kier alpha value is -5.50. The van der Waals surface area contributed by atoms with Crippen LogP contribution in [0.5, 0.6) is 5.75 Å². The van der Waals surface area contributed by atoms with Crippen LogP contribution in [0.3, 0.4) is 0 Å². The summed E-state index contributed by atoms with van der Waals surface area (Å²) >= 11 is 0. The molecule has 14 heteroatoms. The smallest absolute Gasteiger partial charge is 0.408 e. The standard InChI is InChI=1S/C42H51N9O5/c1-42(2,3)56-41(54)45-33-9-7-21-55-36-24-30(11-12-31(33)36)38-35-22-27(25-51(35)44-26-43-38)8-5-6-17-49-18-14-28(15-19-49)29-10-13-32-34(23-29)48(4)47-39(32)50-20-16-37(52)46-40(50)53/h10-13,22-26,28,33H,5-9,14-21H2,1-4H3,(H,45,54)(H,46,52,53). The number of alkyl carbamates (subject to hydrolysis) is 1. The molecule has 3 aliphatic rings. The van der Waals surface area contributed by atoms with Gasteiger partial charge in [0.1, 0.15) is 17.7 Å². The second-order valence-electron chi connectivity index (χ2n) is 16.3. The molecule has 14 nitrogen and oxygen atoms in total. The third-order valence-electron chi connectivity index (χ3n) is 11.1. The minimum atomic E-state index is -0.570. The molecule has 2 saturated heterocycles. The Morgan fingerprint density at radius 3 is 2.66 bits per heavy atom. The number of nitrogens with zero attached hydrogens (tertiary/aromatic N) is 7. The van der Waals surface area contributed by atoms with Crippen LogP contribution < -0.4 is 20.3 Å². The van der Waals surface area contributed by atoms with Gasteiger partial charge < -0.3 is 19.7 Å². The van der Waals surface area contributed by atoms with Crippen LogP contribution in [0.4, 0.5) is 15.4 Å². The van der Waals surface area contributed by atoms with E-state index in [4.69, 9.17) is 9.47 Å². The van der Waals surface area contributed by atoms with Crippen molar-refractivity contribution in [2.45, 2.75) is 89.7 Å². The van der Waals surface area contributed by atoms with Crippen molar-refractivity contribution in [2.24, 2.45) is 7.05 Å². The van der Waals surface area contributed by atoms with Gasteiger partial charge in [0.25, 0.3) is 0 Å². The fourth-order valence-electron chi connectivity index (χ4n) is 8.29. The Morgan fingerprint density at radius 1 is 1.02 bits per heavy atom. The number of aryl methyl sites for hydroxylation is 2. The number of aromatic nitrogens is 5. The summed E-state index contributed by atoms with van der Waals surface area (Å²) in [4.78, 5) is 45.6. The Kier molecular flexibility index (Phi) is 10.4. The molecule has 2 fully saturated rings. The molecule has 0 spiro atoms. The maximum atomic E-state index is 12.6. The van der Waals surface area contributed by atoms with E-state index < -0.39 is 17.7 Å². The van der Waals surface area contributed by atoms with Crippen LogP contribution in [-0.4, -0.2) is 85.7 Å². The molecule has 8 rings (SSSR count). The first-order valence-corrected chi connectivity index (χ1v) is 19.9. The van der Waals surface area contributed by atoms with Crippen molar-refractivity contribution in [2.75, 3.05) is 37.7 Å². The van der Waals surface area contributed by atoms with Gasteiger partial charge in [-0.25, -0.2) is 19.1 Å². The summed E-state index contributed by atoms with van der Waals surface area (Å²) in [5.74, 6) is 1.58. The average Bonchev–Trinajstić information content (AvgIpc) is 3.67. The number of amides is 4. The fourth-order valence-corrected chi connectivity index (χ4v) is 8.29. The van der Waals surface area contributed by atoms with E-state index in [2.05, 4.69) is 61.2 Å². The van der Waals surface area contributed by atoms with Gasteiger partial charge in [-0.3, -0.25) is 19.7 Å². The number of unbranched alkanes of at least 4 members (excludes halogenated alkanes) is 1. The van der Waals surface area contributed by atoms with Gasteiger partial charge in [0.15, 0.2) is 5.82 Å². The first-order chi connectivity index (χ1) is 27.0. The van der Waals surface area contributed by atoms with Crippen molar-refractivity contribution in [1.29, 1.82) is 0 Å². The SMILES string of the molecule is Cn1nc(N2CCC(=O)NC2=O)c2ccc(C3CCN(CCCCc4cc5c(-c6ccc7c(c6)OCCCC7NC(=O)OC(C)(C)C)ncnn5c4)CC3)cc21. The maximum Gasteiger partial charge on any atom is 0.408 e. The van der Waals surface area contributed by atoms with Gasteiger partial charge in [-0.05, 0) is 127 Å². The number of benzene rings is 2. The molecule has 56 heavy (non-hydrogen) atoms. The Bertz CT molecular complexity index is 2270. The lowest BCUT2D eigenvalue weighted by Gasteiger charge is -2.32. The van der Waals surface area contributed by atoms with Crippen LogP contribution in [0.2, 0.25) is 0 Å². The second-order valence-corrected chi connectivity index (χ2v) is 16.3. The zero-order valence-electron chi connectivity index (χ0n) is 32.7. The van der Waals surface area contributed by atoms with Crippen molar-refractivity contribution in [3.8, 4) is 17.0 Å². The van der Waals surface area contributed by atoms with E-state index in [1.54, 1.807) is 11.2 Å². The van der Waals surface area contributed by atoms with Crippen LogP contribution >= 0.6 is 0 Å². The number of urea groups is 1. The van der Waals surface area contributed by atoms with E-state index in [1.807, 2.05) is 55.2 Å². The van der Waals surface area contributed by atoms with Crippen molar-refractivity contribution in [1.82, 2.24) is 39.9 Å². The van der Waals surface area contributed by atoms with Crippen molar-refractivity contribution in [3.05, 3.63) is 71.7 Å². The van der Waals surface area contributed by atoms with E-state index in [1.165, 1.54) is 11.1 Å². The normalized spacial score (nSPS) is 18.4. The molecule has 2 N–H and O–H groups in total. The van der Waals surface area contributed by atoms with Gasteiger partial charge >= 0.3 is 12.1 Å². The number of imide groups is 1. The molecule has 0 aliphatic carbocycles. The molecule has 0 bridgehead atoms. The molecular weight excluding hydrogens is 711 g/mol. The highest BCUT2D eigenvalue weighted by Gasteiger charge is 2.29. The number of carbonyl (C=O) groups excluding carboxylic acids is 3. The Balaban J connectivity index is 0.849. The topological polar surface area (TPSA) is 148 Å². The summed E-state index contributed by atoms with van der Waals surface area (Å²) in [6.45, 7) is 9.71. The lowest BCUT2D eigenvalue weighted by Crippen LogP contribution is -2.49. The first kappa shape index (κ1) is 37.4. The number of carbonyl (C=O) groups is 3. The highest BCUT2D eigenvalue weighted by Crippen LogP contribution is 2.37. The number of ether oxygens (including phenoxy) is 2. The number of piperidine rings is 1. The number of nitrogens with one attached hydrogen (secondary N) is 2. The maximum absolute atomic E-state index is 12.6. The van der Waals surface area contributed by atoms with Crippen molar-refractivity contribution < 1.29 is 23.9 Å². The number of hydrogen-bond donors (Lipinski definition) is 2. The summed E-state index contributed by atoms with van der Waals surface area (Å²) < 4.78 is 15.4. The summed E-state index contributed by atoms with van der Waals surface area (Å²) in [5.41, 5.74) is 6.65. The Morgan fingerprint density at radius 2 is 1.86 bits per heavy atom. The molecule has 2 aromatic carbocycles. The van der Waals surface area contributed by atoms with E-state index in [-0.39, 0.29) is 18.4 Å². The molecule has 294 valence electrons. The van der Waals surface area contributed by atoms with Crippen molar-refractivity contribution >= 4 is 40.3 Å². The first-order valence-electron chi connectivity index (χ1n) is 19.9. The summed E-state index contributed by atoms with van der Waals surface area (Å²) in [7, 11) is 1.91. The van der Waals surface area contributed by atoms with Gasteiger partial charge in [0, 0.05) is 42.7 Å². The molecule has 0 saturated carbocycles. The lowest BCUT2D eigenvalue weighted by molar-refractivity contribution is -0.120. The summed E-state index contributed by atoms with van der Waals surface area (Å²) in [5, 5.41) is 15.5. The molecule has 1 atom stereocenters. The third kappa shape index (κ3) is 8.06. The van der Waals surface area contributed by atoms with Gasteiger partial charge in [0.05, 0.1) is 29.4 Å². The number of anilines is 1. The van der Waals surface area contributed by atoms with Crippen LogP contribution in [0.25, 0.3) is 27.7 Å². The minimum Gasteiger partial charge on any atom is -0.493 e. The zero-order valence-corrected chi connectivity index (χ0v) is 32.7. The monoisotopic (exact) mass is 761 g/mol. The molecule has 6 heterocycles. The van der Waals surface area contributed by atoms with E-state index in [0.29, 0.717) is 24.9 Å². The lowest BCUT2D eigenvalue weighted by atomic mass is 9.89. The highest BCUT2D eigenvalue weighted by atomic mass is 16.6. The van der Waals surface area contributed by atoms with Gasteiger partial charge in [-0.1, -0.05) is 18.2 Å². The number of rotatable bonds is 9. The minimum absolute atomic E-state index is 0.197. The predicted molar refractivity (Wildman–Crippen MR) is 213 cm³/mol. The van der Waals surface area contributed by atoms with E-state index >= 15 is 0 Å². The number of fused-ring (bicyclic) bond motifs is 3. The molecule has 1 unspecified atom stereocenters. The zero-order chi connectivity index (χ0) is 39.0. The summed E-state index contributed by atoms with van der Waals surface area (Å²) in [6, 6.07) is 14.2. The Labute approximate surface area is 326 Å². The van der Waals surface area contributed by atoms with Crippen molar-refractivity contribution in [3.63, 3.8) is 0 Å². The molecule has 3 aromatic heterocycles. The molecular formula is C42H51N9O5. The van der Waals surface area contributed by atoms with E-state index in [0.717, 1.165) is 104 Å². The quantitative estimate of drug-likeness (QED) is 0.157. The fraction of sp³-hybridized carbons (Fsp3) is 0.476. The van der Waals surface area contributed by atoms with Crippen LogP contribution in [0.15, 0.2) is 55.0 Å². The molecule has 0 radical (unpaired) electrons. The van der Waals surface area contributed by atoms with Gasteiger partial charge in [-0.15, -0.1) is 0 Å². The number of likely N-dealkylation sites (tertiary alicyclic amines) is 1. The van der Waals surface area contributed by atoms with Gasteiger partial charge in [0.2, 0.25) is 5.91 Å². The van der Waals surface area contributed by atoms with Crippen LogP contribution in [0, 0.1) is 0 Å². The third-order valence-corrected chi connectivity index (χ3v) is 11.1. The van der Waals surface area contributed by atoms with Crippen LogP contribution in [-0.2, 0) is 23.0 Å². The van der Waals surface area contributed by atoms with Crippen LogP contribution in [0.1, 0.15) is 94.4 Å². The highest BCUT2D eigenvalue weighted by molar-refractivity contribution is 6.08. The average molecular weight is 762 g/mol. The summed E-state index contributed by atoms with van der Waals surface area (Å²) in [6.07, 6.45) is 10.5. The number of hydrogen-bond acceptors (Lipinski definition) is 9. The molecule has 4 amide bonds. The predicted octanol–water partition coefficient (Wildman–Crippen LogP) is 6.67.